The Labute approximate surface area is 128 Å². The summed E-state index contributed by atoms with van der Waals surface area (Å²) >= 11 is 0. The average Bonchev–Trinajstić information content (AvgIpc) is 2.44. The Morgan fingerprint density at radius 2 is 1.76 bits per heavy atom. The van der Waals surface area contributed by atoms with Gasteiger partial charge in [-0.2, -0.15) is 0 Å². The van der Waals surface area contributed by atoms with E-state index >= 15 is 0 Å². The normalized spacial score (nSPS) is 48.3. The van der Waals surface area contributed by atoms with Gasteiger partial charge in [0, 0.05) is 18.0 Å². The molecule has 5 aliphatic rings. The molecule has 5 fully saturated rings. The van der Waals surface area contributed by atoms with E-state index in [1.54, 1.807) is 0 Å². The maximum atomic E-state index is 12.9. The van der Waals surface area contributed by atoms with Crippen LogP contribution in [0.4, 0.5) is 0 Å². The van der Waals surface area contributed by atoms with Crippen molar-refractivity contribution in [1.29, 1.82) is 0 Å². The predicted octanol–water partition coefficient (Wildman–Crippen LogP) is 2.71. The van der Waals surface area contributed by atoms with Gasteiger partial charge in [-0.25, -0.2) is 0 Å². The molecule has 1 saturated heterocycles. The van der Waals surface area contributed by atoms with Gasteiger partial charge < -0.3 is 10.6 Å². The van der Waals surface area contributed by atoms with Crippen LogP contribution in [0, 0.1) is 29.1 Å². The molecule has 0 aromatic rings. The SMILES string of the molecule is CC1CCCNC1CNC(=O)C12CC3CC(CC(C3)C1)C2. The van der Waals surface area contributed by atoms with E-state index in [-0.39, 0.29) is 5.41 Å². The van der Waals surface area contributed by atoms with Crippen LogP contribution in [0.1, 0.15) is 58.3 Å². The zero-order chi connectivity index (χ0) is 14.4. The lowest BCUT2D eigenvalue weighted by Crippen LogP contribution is -2.56. The van der Waals surface area contributed by atoms with E-state index in [4.69, 9.17) is 0 Å². The van der Waals surface area contributed by atoms with E-state index in [9.17, 15) is 4.79 Å². The fourth-order valence-electron chi connectivity index (χ4n) is 6.17. The maximum Gasteiger partial charge on any atom is 0.226 e. The first-order valence-electron chi connectivity index (χ1n) is 9.16. The molecule has 21 heavy (non-hydrogen) atoms. The maximum absolute atomic E-state index is 12.9. The van der Waals surface area contributed by atoms with E-state index in [1.165, 1.54) is 51.4 Å². The molecule has 2 N–H and O–H groups in total. The predicted molar refractivity (Wildman–Crippen MR) is 83.8 cm³/mol. The van der Waals surface area contributed by atoms with E-state index in [0.29, 0.717) is 17.9 Å². The van der Waals surface area contributed by atoms with E-state index < -0.39 is 0 Å². The van der Waals surface area contributed by atoms with Crippen molar-refractivity contribution in [3.63, 3.8) is 0 Å². The smallest absolute Gasteiger partial charge is 0.226 e. The summed E-state index contributed by atoms with van der Waals surface area (Å²) in [5.41, 5.74) is 0.0205. The molecule has 3 heteroatoms. The van der Waals surface area contributed by atoms with Crippen LogP contribution in [0.5, 0.6) is 0 Å². The summed E-state index contributed by atoms with van der Waals surface area (Å²) in [6.07, 6.45) is 10.3. The summed E-state index contributed by atoms with van der Waals surface area (Å²) in [7, 11) is 0. The Kier molecular flexibility index (Phi) is 3.52. The summed E-state index contributed by atoms with van der Waals surface area (Å²) in [5, 5.41) is 6.92. The van der Waals surface area contributed by atoms with Gasteiger partial charge in [-0.05, 0) is 81.6 Å². The van der Waals surface area contributed by atoms with Crippen LogP contribution >= 0.6 is 0 Å². The molecule has 1 heterocycles. The molecule has 4 saturated carbocycles. The molecule has 0 aromatic heterocycles. The Bertz CT molecular complexity index is 384. The second-order valence-electron chi connectivity index (χ2n) is 8.59. The number of nitrogens with one attached hydrogen (secondary N) is 2. The first-order chi connectivity index (χ1) is 10.1. The molecule has 1 aliphatic heterocycles. The molecular weight excluding hydrogens is 260 g/mol. The third-order valence-corrected chi connectivity index (χ3v) is 6.93. The fraction of sp³-hybridized carbons (Fsp3) is 0.944. The summed E-state index contributed by atoms with van der Waals surface area (Å²) in [6.45, 7) is 4.26. The molecule has 118 valence electrons. The van der Waals surface area contributed by atoms with Crippen molar-refractivity contribution < 1.29 is 4.79 Å². The first-order valence-corrected chi connectivity index (χ1v) is 9.16. The average molecular weight is 290 g/mol. The lowest BCUT2D eigenvalue weighted by atomic mass is 9.49. The molecule has 0 radical (unpaired) electrons. The molecular formula is C18H30N2O. The highest BCUT2D eigenvalue weighted by Gasteiger charge is 2.54. The monoisotopic (exact) mass is 290 g/mol. The van der Waals surface area contributed by atoms with Gasteiger partial charge in [-0.1, -0.05) is 6.92 Å². The molecule has 3 nitrogen and oxygen atoms in total. The number of rotatable bonds is 3. The second-order valence-corrected chi connectivity index (χ2v) is 8.59. The first kappa shape index (κ1) is 14.0. The van der Waals surface area contributed by atoms with Crippen LogP contribution in [0.3, 0.4) is 0 Å². The number of piperidine rings is 1. The van der Waals surface area contributed by atoms with Crippen LogP contribution in [-0.4, -0.2) is 25.0 Å². The molecule has 4 aliphatic carbocycles. The number of hydrogen-bond donors (Lipinski definition) is 2. The van der Waals surface area contributed by atoms with Crippen LogP contribution in [0.2, 0.25) is 0 Å². The van der Waals surface area contributed by atoms with Gasteiger partial charge in [0.15, 0.2) is 0 Å². The minimum Gasteiger partial charge on any atom is -0.354 e. The van der Waals surface area contributed by atoms with Crippen molar-refractivity contribution in [1.82, 2.24) is 10.6 Å². The summed E-state index contributed by atoms with van der Waals surface area (Å²) in [6, 6.07) is 0.483. The Morgan fingerprint density at radius 3 is 2.33 bits per heavy atom. The number of carbonyl (C=O) groups excluding carboxylic acids is 1. The minimum atomic E-state index is 0.0205. The molecule has 2 unspecified atom stereocenters. The molecule has 0 aromatic carbocycles. The summed E-state index contributed by atoms with van der Waals surface area (Å²) in [4.78, 5) is 12.9. The molecule has 1 amide bonds. The van der Waals surface area contributed by atoms with Gasteiger partial charge in [-0.3, -0.25) is 4.79 Å². The quantitative estimate of drug-likeness (QED) is 0.839. The van der Waals surface area contributed by atoms with E-state index in [2.05, 4.69) is 17.6 Å². The standard InChI is InChI=1S/C18H30N2O/c1-12-3-2-4-19-16(12)11-20-17(21)18-8-13-5-14(9-18)7-15(6-13)10-18/h12-16,19H,2-11H2,1H3,(H,20,21). The van der Waals surface area contributed by atoms with Gasteiger partial charge in [-0.15, -0.1) is 0 Å². The Morgan fingerprint density at radius 1 is 1.14 bits per heavy atom. The van der Waals surface area contributed by atoms with Gasteiger partial charge in [0.2, 0.25) is 5.91 Å². The number of amides is 1. The van der Waals surface area contributed by atoms with Crippen LogP contribution in [0.25, 0.3) is 0 Å². The van der Waals surface area contributed by atoms with Gasteiger partial charge in [0.1, 0.15) is 0 Å². The van der Waals surface area contributed by atoms with Crippen LogP contribution < -0.4 is 10.6 Å². The lowest BCUT2D eigenvalue weighted by molar-refractivity contribution is -0.146. The molecule has 0 spiro atoms. The zero-order valence-corrected chi connectivity index (χ0v) is 13.4. The number of hydrogen-bond acceptors (Lipinski definition) is 2. The fourth-order valence-corrected chi connectivity index (χ4v) is 6.17. The number of carbonyl (C=O) groups is 1. The summed E-state index contributed by atoms with van der Waals surface area (Å²) in [5.74, 6) is 3.65. The van der Waals surface area contributed by atoms with E-state index in [1.807, 2.05) is 0 Å². The van der Waals surface area contributed by atoms with Gasteiger partial charge >= 0.3 is 0 Å². The van der Waals surface area contributed by atoms with Crippen molar-refractivity contribution in [2.45, 2.75) is 64.3 Å². The van der Waals surface area contributed by atoms with Crippen molar-refractivity contribution in [2.75, 3.05) is 13.1 Å². The Hall–Kier alpha value is -0.570. The van der Waals surface area contributed by atoms with Crippen molar-refractivity contribution in [3.05, 3.63) is 0 Å². The highest BCUT2D eigenvalue weighted by Crippen LogP contribution is 2.60. The summed E-state index contributed by atoms with van der Waals surface area (Å²) < 4.78 is 0. The van der Waals surface area contributed by atoms with E-state index in [0.717, 1.165) is 30.8 Å². The van der Waals surface area contributed by atoms with Gasteiger partial charge in [0.05, 0.1) is 0 Å². The highest BCUT2D eigenvalue weighted by atomic mass is 16.2. The van der Waals surface area contributed by atoms with Crippen LogP contribution in [-0.2, 0) is 4.79 Å². The third kappa shape index (κ3) is 2.52. The Balaban J connectivity index is 1.38. The zero-order valence-electron chi connectivity index (χ0n) is 13.4. The van der Waals surface area contributed by atoms with Gasteiger partial charge in [0.25, 0.3) is 0 Å². The minimum absolute atomic E-state index is 0.0205. The van der Waals surface area contributed by atoms with Crippen molar-refractivity contribution >= 4 is 5.91 Å². The van der Waals surface area contributed by atoms with Crippen molar-refractivity contribution in [3.8, 4) is 0 Å². The topological polar surface area (TPSA) is 41.1 Å². The molecule has 2 atom stereocenters. The van der Waals surface area contributed by atoms with Crippen molar-refractivity contribution in [2.24, 2.45) is 29.1 Å². The lowest BCUT2D eigenvalue weighted by Gasteiger charge is -2.55. The molecule has 4 bridgehead atoms. The highest BCUT2D eigenvalue weighted by molar-refractivity contribution is 5.83. The largest absolute Gasteiger partial charge is 0.354 e. The second kappa shape index (κ2) is 5.26. The van der Waals surface area contributed by atoms with Crippen LogP contribution in [0.15, 0.2) is 0 Å². The third-order valence-electron chi connectivity index (χ3n) is 6.93. The molecule has 5 rings (SSSR count).